The second kappa shape index (κ2) is 5.60. The third-order valence-corrected chi connectivity index (χ3v) is 1.07. The van der Waals surface area contributed by atoms with Gasteiger partial charge in [0, 0.05) is 6.21 Å². The van der Waals surface area contributed by atoms with Crippen LogP contribution in [0.15, 0.2) is 5.16 Å². The van der Waals surface area contributed by atoms with Gasteiger partial charge in [0.2, 0.25) is 0 Å². The molecule has 0 spiro atoms. The highest BCUT2D eigenvalue weighted by molar-refractivity contribution is 5.55. The Morgan fingerprint density at radius 3 is 2.67 bits per heavy atom. The molecule has 0 N–H and O–H groups in total. The van der Waals surface area contributed by atoms with Crippen molar-refractivity contribution >= 4 is 6.21 Å². The van der Waals surface area contributed by atoms with Crippen molar-refractivity contribution in [3.8, 4) is 0 Å². The molecular weight excluding hydrogens is 114 g/mol. The smallest absolute Gasteiger partial charge is 0.124 e. The molecule has 0 aromatic heterocycles. The summed E-state index contributed by atoms with van der Waals surface area (Å²) in [5.74, 6) is 0. The molecule has 0 aliphatic heterocycles. The largest absolute Gasteiger partial charge is 0.393 e. The van der Waals surface area contributed by atoms with E-state index in [0.717, 1.165) is 12.8 Å². The van der Waals surface area contributed by atoms with Crippen LogP contribution in [-0.2, 0) is 4.84 Å². The van der Waals surface area contributed by atoms with E-state index in [0.29, 0.717) is 0 Å². The SMILES string of the molecule is CCC=NOC(C)CC. The third kappa shape index (κ3) is 5.34. The van der Waals surface area contributed by atoms with Gasteiger partial charge < -0.3 is 4.84 Å². The second-order valence-corrected chi connectivity index (χ2v) is 2.02. The van der Waals surface area contributed by atoms with E-state index in [1.807, 2.05) is 13.8 Å². The number of nitrogens with zero attached hydrogens (tertiary/aromatic N) is 1. The first-order chi connectivity index (χ1) is 4.31. The zero-order valence-electron chi connectivity index (χ0n) is 6.42. The molecule has 0 saturated heterocycles. The molecule has 0 aromatic carbocycles. The molecule has 2 nitrogen and oxygen atoms in total. The molecule has 0 heterocycles. The van der Waals surface area contributed by atoms with Crippen LogP contribution in [0.5, 0.6) is 0 Å². The molecule has 1 unspecified atom stereocenters. The van der Waals surface area contributed by atoms with Crippen molar-refractivity contribution < 1.29 is 4.84 Å². The number of hydrogen-bond donors (Lipinski definition) is 0. The van der Waals surface area contributed by atoms with Crippen molar-refractivity contribution in [2.24, 2.45) is 5.16 Å². The van der Waals surface area contributed by atoms with Crippen LogP contribution >= 0.6 is 0 Å². The minimum absolute atomic E-state index is 0.257. The average Bonchev–Trinajstić information content (AvgIpc) is 1.89. The molecule has 54 valence electrons. The fourth-order valence-corrected chi connectivity index (χ4v) is 0.296. The van der Waals surface area contributed by atoms with Crippen molar-refractivity contribution in [2.45, 2.75) is 39.7 Å². The lowest BCUT2D eigenvalue weighted by Gasteiger charge is -2.03. The quantitative estimate of drug-likeness (QED) is 0.421. The van der Waals surface area contributed by atoms with Crippen LogP contribution in [0.3, 0.4) is 0 Å². The maximum absolute atomic E-state index is 5.00. The number of rotatable bonds is 4. The molecule has 0 aromatic rings. The highest BCUT2D eigenvalue weighted by atomic mass is 16.6. The normalized spacial score (nSPS) is 14.1. The highest BCUT2D eigenvalue weighted by Gasteiger charge is 1.93. The summed E-state index contributed by atoms with van der Waals surface area (Å²) < 4.78 is 0. The van der Waals surface area contributed by atoms with E-state index in [-0.39, 0.29) is 6.10 Å². The van der Waals surface area contributed by atoms with Crippen molar-refractivity contribution in [3.63, 3.8) is 0 Å². The maximum Gasteiger partial charge on any atom is 0.124 e. The lowest BCUT2D eigenvalue weighted by molar-refractivity contribution is 0.0707. The zero-order chi connectivity index (χ0) is 7.11. The predicted octanol–water partition coefficient (Wildman–Crippen LogP) is 2.20. The van der Waals surface area contributed by atoms with Gasteiger partial charge in [-0.05, 0) is 19.8 Å². The van der Waals surface area contributed by atoms with Gasteiger partial charge in [0.15, 0.2) is 0 Å². The molecule has 0 amide bonds. The Hall–Kier alpha value is -0.530. The summed E-state index contributed by atoms with van der Waals surface area (Å²) in [6.45, 7) is 6.11. The Kier molecular flexibility index (Phi) is 5.27. The van der Waals surface area contributed by atoms with Gasteiger partial charge in [-0.25, -0.2) is 0 Å². The topological polar surface area (TPSA) is 21.6 Å². The lowest BCUT2D eigenvalue weighted by Crippen LogP contribution is -2.00. The molecule has 0 aliphatic carbocycles. The van der Waals surface area contributed by atoms with Crippen LogP contribution in [0.2, 0.25) is 0 Å². The van der Waals surface area contributed by atoms with Crippen molar-refractivity contribution in [1.29, 1.82) is 0 Å². The molecule has 0 aliphatic rings. The Morgan fingerprint density at radius 2 is 2.22 bits per heavy atom. The minimum Gasteiger partial charge on any atom is -0.393 e. The van der Waals surface area contributed by atoms with E-state index in [4.69, 9.17) is 4.84 Å². The summed E-state index contributed by atoms with van der Waals surface area (Å²) in [6.07, 6.45) is 3.98. The van der Waals surface area contributed by atoms with Crippen molar-refractivity contribution in [1.82, 2.24) is 0 Å². The van der Waals surface area contributed by atoms with Crippen LogP contribution in [-0.4, -0.2) is 12.3 Å². The first-order valence-electron chi connectivity index (χ1n) is 3.48. The highest BCUT2D eigenvalue weighted by Crippen LogP contribution is 1.94. The van der Waals surface area contributed by atoms with E-state index in [1.165, 1.54) is 0 Å². The number of hydrogen-bond acceptors (Lipinski definition) is 2. The molecule has 0 fully saturated rings. The molecule has 9 heavy (non-hydrogen) atoms. The Bertz CT molecular complexity index is 81.0. The van der Waals surface area contributed by atoms with Crippen LogP contribution in [0.25, 0.3) is 0 Å². The van der Waals surface area contributed by atoms with Crippen molar-refractivity contribution in [2.75, 3.05) is 0 Å². The Labute approximate surface area is 56.9 Å². The van der Waals surface area contributed by atoms with Crippen LogP contribution in [0, 0.1) is 0 Å². The van der Waals surface area contributed by atoms with Gasteiger partial charge in [0.25, 0.3) is 0 Å². The summed E-state index contributed by atoms with van der Waals surface area (Å²) in [7, 11) is 0. The van der Waals surface area contributed by atoms with Gasteiger partial charge in [-0.3, -0.25) is 0 Å². The van der Waals surface area contributed by atoms with Crippen LogP contribution in [0.4, 0.5) is 0 Å². The summed E-state index contributed by atoms with van der Waals surface area (Å²) >= 11 is 0. The van der Waals surface area contributed by atoms with E-state index in [1.54, 1.807) is 6.21 Å². The van der Waals surface area contributed by atoms with E-state index < -0.39 is 0 Å². The van der Waals surface area contributed by atoms with Crippen LogP contribution in [0.1, 0.15) is 33.6 Å². The fourth-order valence-electron chi connectivity index (χ4n) is 0.296. The molecule has 1 atom stereocenters. The first kappa shape index (κ1) is 8.47. The Balaban J connectivity index is 3.15. The summed E-state index contributed by atoms with van der Waals surface area (Å²) in [6, 6.07) is 0. The average molecular weight is 129 g/mol. The van der Waals surface area contributed by atoms with Gasteiger partial charge in [0.1, 0.15) is 6.10 Å². The predicted molar refractivity (Wildman–Crippen MR) is 39.6 cm³/mol. The maximum atomic E-state index is 5.00. The second-order valence-electron chi connectivity index (χ2n) is 2.02. The molecule has 2 heteroatoms. The molecular formula is C7H15NO. The standard InChI is InChI=1S/C7H15NO/c1-4-6-8-9-7(3)5-2/h6-7H,4-5H2,1-3H3. The zero-order valence-corrected chi connectivity index (χ0v) is 6.42. The first-order valence-corrected chi connectivity index (χ1v) is 3.48. The van der Waals surface area contributed by atoms with E-state index in [2.05, 4.69) is 12.1 Å². The van der Waals surface area contributed by atoms with E-state index >= 15 is 0 Å². The van der Waals surface area contributed by atoms with Gasteiger partial charge in [-0.1, -0.05) is 19.0 Å². The van der Waals surface area contributed by atoms with Gasteiger partial charge >= 0.3 is 0 Å². The van der Waals surface area contributed by atoms with Gasteiger partial charge in [0.05, 0.1) is 0 Å². The van der Waals surface area contributed by atoms with Crippen LogP contribution < -0.4 is 0 Å². The summed E-state index contributed by atoms with van der Waals surface area (Å²) in [5.41, 5.74) is 0. The molecule has 0 radical (unpaired) electrons. The monoisotopic (exact) mass is 129 g/mol. The minimum atomic E-state index is 0.257. The summed E-state index contributed by atoms with van der Waals surface area (Å²) in [4.78, 5) is 5.00. The van der Waals surface area contributed by atoms with Gasteiger partial charge in [-0.15, -0.1) is 0 Å². The van der Waals surface area contributed by atoms with E-state index in [9.17, 15) is 0 Å². The lowest BCUT2D eigenvalue weighted by atomic mass is 10.3. The number of oxime groups is 1. The molecule has 0 rings (SSSR count). The van der Waals surface area contributed by atoms with Gasteiger partial charge in [-0.2, -0.15) is 0 Å². The Morgan fingerprint density at radius 1 is 1.56 bits per heavy atom. The van der Waals surface area contributed by atoms with Crippen molar-refractivity contribution in [3.05, 3.63) is 0 Å². The molecule has 0 saturated carbocycles. The molecule has 0 bridgehead atoms. The fraction of sp³-hybridized carbons (Fsp3) is 0.857. The third-order valence-electron chi connectivity index (χ3n) is 1.07. The summed E-state index contributed by atoms with van der Waals surface area (Å²) in [5, 5.41) is 3.74.